The Morgan fingerprint density at radius 2 is 1.28 bits per heavy atom. The zero-order chi connectivity index (χ0) is 38.6. The summed E-state index contributed by atoms with van der Waals surface area (Å²) in [4.78, 5) is 2.36. The van der Waals surface area contributed by atoms with Gasteiger partial charge in [-0.2, -0.15) is 0 Å². The number of rotatable bonds is 7. The summed E-state index contributed by atoms with van der Waals surface area (Å²) in [5, 5.41) is 4.64. The van der Waals surface area contributed by atoms with Gasteiger partial charge in [-0.05, 0) is 107 Å². The molecule has 3 unspecified atom stereocenters. The van der Waals surface area contributed by atoms with Gasteiger partial charge in [0.1, 0.15) is 22.3 Å². The summed E-state index contributed by atoms with van der Waals surface area (Å²) in [6.45, 7) is 2.26. The summed E-state index contributed by atoms with van der Waals surface area (Å²) >= 11 is 0. The second-order valence-corrected chi connectivity index (χ2v) is 15.6. The molecule has 0 amide bonds. The molecule has 3 atom stereocenters. The fraction of sp³-hybridized carbons (Fsp3) is 0.109. The molecule has 0 saturated heterocycles. The molecule has 276 valence electrons. The van der Waals surface area contributed by atoms with E-state index in [1.54, 1.807) is 0 Å². The Kier molecular flexibility index (Phi) is 8.25. The van der Waals surface area contributed by atoms with Crippen molar-refractivity contribution < 1.29 is 8.83 Å². The van der Waals surface area contributed by atoms with E-state index in [9.17, 15) is 0 Å². The van der Waals surface area contributed by atoms with Gasteiger partial charge in [0, 0.05) is 44.5 Å². The predicted molar refractivity (Wildman–Crippen MR) is 240 cm³/mol. The molecule has 0 fully saturated rings. The fourth-order valence-electron chi connectivity index (χ4n) is 8.95. The molecule has 3 nitrogen and oxygen atoms in total. The molecule has 0 spiro atoms. The molecule has 2 heterocycles. The highest BCUT2D eigenvalue weighted by molar-refractivity contribution is 6.12. The molecule has 8 aromatic rings. The Bertz CT molecular complexity index is 3180. The van der Waals surface area contributed by atoms with Crippen molar-refractivity contribution in [3.63, 3.8) is 0 Å². The topological polar surface area (TPSA) is 29.5 Å². The maximum absolute atomic E-state index is 6.26. The Morgan fingerprint density at radius 3 is 1.95 bits per heavy atom. The molecule has 0 saturated carbocycles. The lowest BCUT2D eigenvalue weighted by Gasteiger charge is -2.29. The van der Waals surface area contributed by atoms with E-state index in [1.165, 1.54) is 16.5 Å². The van der Waals surface area contributed by atoms with Crippen molar-refractivity contribution >= 4 is 60.8 Å². The van der Waals surface area contributed by atoms with Crippen LogP contribution in [0.25, 0.3) is 60.6 Å². The van der Waals surface area contributed by atoms with Crippen LogP contribution in [0.3, 0.4) is 0 Å². The fourth-order valence-corrected chi connectivity index (χ4v) is 8.95. The maximum Gasteiger partial charge on any atom is 0.136 e. The highest BCUT2D eigenvalue weighted by Crippen LogP contribution is 2.42. The van der Waals surface area contributed by atoms with Crippen molar-refractivity contribution in [1.82, 2.24) is 0 Å². The molecule has 6 aromatic carbocycles. The van der Waals surface area contributed by atoms with E-state index < -0.39 is 0 Å². The minimum absolute atomic E-state index is 0.0905. The molecule has 0 aliphatic heterocycles. The van der Waals surface area contributed by atoms with Crippen LogP contribution in [0, 0.1) is 23.7 Å². The van der Waals surface area contributed by atoms with E-state index in [1.807, 2.05) is 18.2 Å². The predicted octanol–water partition coefficient (Wildman–Crippen LogP) is 14.6. The van der Waals surface area contributed by atoms with Crippen LogP contribution < -0.4 is 4.90 Å². The first-order valence-corrected chi connectivity index (χ1v) is 20.2. The van der Waals surface area contributed by atoms with Crippen LogP contribution in [0.4, 0.5) is 11.4 Å². The lowest BCUT2D eigenvalue weighted by molar-refractivity contribution is 0.668. The van der Waals surface area contributed by atoms with Gasteiger partial charge in [-0.25, -0.2) is 0 Å². The molecule has 3 aliphatic rings. The summed E-state index contributed by atoms with van der Waals surface area (Å²) in [6.07, 6.45) is 17.9. The number of anilines is 2. The Labute approximate surface area is 337 Å². The number of para-hydroxylation sites is 2. The second-order valence-electron chi connectivity index (χ2n) is 15.6. The molecule has 11 rings (SSSR count). The van der Waals surface area contributed by atoms with Crippen molar-refractivity contribution in [2.24, 2.45) is 11.8 Å². The van der Waals surface area contributed by atoms with Gasteiger partial charge in [-0.3, -0.25) is 0 Å². The van der Waals surface area contributed by atoms with E-state index in [-0.39, 0.29) is 11.8 Å². The largest absolute Gasteiger partial charge is 0.456 e. The number of allylic oxidation sites excluding steroid dienone is 8. The quantitative estimate of drug-likeness (QED) is 0.120. The zero-order valence-corrected chi connectivity index (χ0v) is 32.2. The first-order valence-electron chi connectivity index (χ1n) is 20.2. The third kappa shape index (κ3) is 5.95. The van der Waals surface area contributed by atoms with Crippen LogP contribution in [0.1, 0.15) is 36.8 Å². The molecular weight excluding hydrogens is 707 g/mol. The van der Waals surface area contributed by atoms with Crippen LogP contribution >= 0.6 is 0 Å². The number of nitrogens with zero attached hydrogens (tertiary/aromatic N) is 1. The van der Waals surface area contributed by atoms with Gasteiger partial charge in [0.15, 0.2) is 0 Å². The SMILES string of the molecule is CC1C=C(C2C#CC(c3ccc(N(C4=CCC(c5cccc6oc7ccccc7c56)C=C4)c4ccc(-c5cccc6oc7ccccc7c56)cc4)cc3)=C=C2)C=CC1. The highest BCUT2D eigenvalue weighted by atomic mass is 16.3. The molecule has 0 N–H and O–H groups in total. The van der Waals surface area contributed by atoms with Gasteiger partial charge in [0.2, 0.25) is 0 Å². The first-order chi connectivity index (χ1) is 28.6. The Hall–Kier alpha value is -7.24. The smallest absolute Gasteiger partial charge is 0.136 e. The van der Waals surface area contributed by atoms with Crippen LogP contribution in [0.5, 0.6) is 0 Å². The molecule has 3 aliphatic carbocycles. The van der Waals surface area contributed by atoms with Crippen molar-refractivity contribution in [3.8, 4) is 23.0 Å². The van der Waals surface area contributed by atoms with Gasteiger partial charge in [-0.1, -0.05) is 134 Å². The van der Waals surface area contributed by atoms with Crippen LogP contribution in [0.2, 0.25) is 0 Å². The van der Waals surface area contributed by atoms with Crippen LogP contribution in [-0.4, -0.2) is 0 Å². The molecule has 0 bridgehead atoms. The van der Waals surface area contributed by atoms with E-state index in [4.69, 9.17) is 8.83 Å². The number of benzene rings is 6. The summed E-state index contributed by atoms with van der Waals surface area (Å²) < 4.78 is 12.5. The van der Waals surface area contributed by atoms with Gasteiger partial charge in [-0.15, -0.1) is 5.73 Å². The van der Waals surface area contributed by atoms with E-state index in [0.717, 1.165) is 90.7 Å². The monoisotopic (exact) mass is 745 g/mol. The molecular formula is C55H39NO2. The minimum Gasteiger partial charge on any atom is -0.456 e. The molecule has 2 aromatic heterocycles. The van der Waals surface area contributed by atoms with Crippen molar-refractivity contribution in [1.29, 1.82) is 0 Å². The second kappa shape index (κ2) is 14.1. The van der Waals surface area contributed by atoms with E-state index in [0.29, 0.717) is 5.92 Å². The lowest BCUT2D eigenvalue weighted by Crippen LogP contribution is -2.17. The van der Waals surface area contributed by atoms with Gasteiger partial charge >= 0.3 is 0 Å². The van der Waals surface area contributed by atoms with Gasteiger partial charge in [0.05, 0.1) is 11.5 Å². The van der Waals surface area contributed by atoms with Gasteiger partial charge < -0.3 is 13.7 Å². The molecule has 0 radical (unpaired) electrons. The third-order valence-electron chi connectivity index (χ3n) is 11.8. The standard InChI is InChI=1S/C55H39NO2/c1-36-9-6-10-42(35-36)39-21-19-37(20-22-39)38-23-29-43(30-24-38)56(44-31-25-40(26-32-44)46-13-7-17-52-54(46)48-11-2-4-15-50(48)57-52)45-33-27-41(28-34-45)47-14-8-18-53-55(47)49-12-3-5-16-51(49)58-53/h2-8,10-18,21,23-27,29-36,39,41H,9,28H2,1H3. The number of furan rings is 2. The summed E-state index contributed by atoms with van der Waals surface area (Å²) in [7, 11) is 0. The summed E-state index contributed by atoms with van der Waals surface area (Å²) in [5.41, 5.74) is 17.3. The lowest BCUT2D eigenvalue weighted by atomic mass is 9.88. The number of hydrogen-bond donors (Lipinski definition) is 0. The van der Waals surface area contributed by atoms with Crippen molar-refractivity contribution in [3.05, 3.63) is 204 Å². The average molecular weight is 746 g/mol. The molecule has 3 heteroatoms. The van der Waals surface area contributed by atoms with Crippen molar-refractivity contribution in [2.75, 3.05) is 4.90 Å². The summed E-state index contributed by atoms with van der Waals surface area (Å²) in [6, 6.07) is 47.1. The summed E-state index contributed by atoms with van der Waals surface area (Å²) in [5.74, 6) is 7.77. The maximum atomic E-state index is 6.26. The third-order valence-corrected chi connectivity index (χ3v) is 11.8. The first kappa shape index (κ1) is 34.0. The average Bonchev–Trinajstić information content (AvgIpc) is 3.86. The number of hydrogen-bond acceptors (Lipinski definition) is 3. The Morgan fingerprint density at radius 1 is 0.621 bits per heavy atom. The van der Waals surface area contributed by atoms with Crippen LogP contribution in [-0.2, 0) is 0 Å². The number of fused-ring (bicyclic) bond motifs is 6. The molecule has 58 heavy (non-hydrogen) atoms. The van der Waals surface area contributed by atoms with Crippen molar-refractivity contribution in [2.45, 2.75) is 25.7 Å². The minimum atomic E-state index is 0.0905. The van der Waals surface area contributed by atoms with Gasteiger partial charge in [0.25, 0.3) is 0 Å². The van der Waals surface area contributed by atoms with E-state index in [2.05, 4.69) is 187 Å². The highest BCUT2D eigenvalue weighted by Gasteiger charge is 2.22. The van der Waals surface area contributed by atoms with Crippen LogP contribution in [0.15, 0.2) is 202 Å². The Balaban J connectivity index is 0.948. The van der Waals surface area contributed by atoms with E-state index >= 15 is 0 Å². The zero-order valence-electron chi connectivity index (χ0n) is 32.2. The normalized spacial score (nSPS) is 18.6.